The Hall–Kier alpha value is -1.93. The molecule has 0 heterocycles. The van der Waals surface area contributed by atoms with E-state index < -0.39 is 22.1 Å². The van der Waals surface area contributed by atoms with Gasteiger partial charge in [0.25, 0.3) is 5.91 Å². The molecule has 8 heteroatoms. The Bertz CT molecular complexity index is 814. The molecule has 0 radical (unpaired) electrons. The van der Waals surface area contributed by atoms with Crippen LogP contribution in [0.5, 0.6) is 0 Å². The standard InChI is InChI=1S/C21H32N2O5S/c1-15-10-11-16(2)19(14-15)29(26,27)22-13-12-20(24)28-17(3)21(25)23-18-8-6-4-5-7-9-18/h10-11,14,17-18,22H,4-9,12-13H2,1-3H3,(H,23,25)/t17-/m0/s1. The Balaban J connectivity index is 1.78. The van der Waals surface area contributed by atoms with Crippen molar-refractivity contribution in [3.63, 3.8) is 0 Å². The van der Waals surface area contributed by atoms with Gasteiger partial charge in [-0.2, -0.15) is 0 Å². The van der Waals surface area contributed by atoms with E-state index in [-0.39, 0.29) is 29.8 Å². The van der Waals surface area contributed by atoms with Gasteiger partial charge in [-0.05, 0) is 50.8 Å². The number of esters is 1. The van der Waals surface area contributed by atoms with E-state index in [0.29, 0.717) is 5.56 Å². The van der Waals surface area contributed by atoms with E-state index in [9.17, 15) is 18.0 Å². The largest absolute Gasteiger partial charge is 0.453 e. The van der Waals surface area contributed by atoms with Crippen LogP contribution in [0.25, 0.3) is 0 Å². The maximum atomic E-state index is 12.4. The smallest absolute Gasteiger partial charge is 0.307 e. The van der Waals surface area contributed by atoms with Crippen LogP contribution in [0.1, 0.15) is 63.0 Å². The van der Waals surface area contributed by atoms with E-state index in [1.807, 2.05) is 13.0 Å². The average molecular weight is 425 g/mol. The van der Waals surface area contributed by atoms with Gasteiger partial charge in [-0.1, -0.05) is 37.8 Å². The number of rotatable bonds is 8. The molecule has 0 spiro atoms. The molecule has 1 aromatic carbocycles. The molecule has 7 nitrogen and oxygen atoms in total. The molecule has 1 aromatic rings. The van der Waals surface area contributed by atoms with Crippen molar-refractivity contribution in [2.45, 2.75) is 82.8 Å². The number of sulfonamides is 1. The van der Waals surface area contributed by atoms with E-state index in [0.717, 1.165) is 31.2 Å². The van der Waals surface area contributed by atoms with Crippen LogP contribution < -0.4 is 10.0 Å². The van der Waals surface area contributed by atoms with Crippen molar-refractivity contribution < 1.29 is 22.7 Å². The van der Waals surface area contributed by atoms with Crippen molar-refractivity contribution >= 4 is 21.9 Å². The number of carbonyl (C=O) groups is 2. The minimum Gasteiger partial charge on any atom is -0.453 e. The van der Waals surface area contributed by atoms with E-state index in [4.69, 9.17) is 4.74 Å². The van der Waals surface area contributed by atoms with Crippen molar-refractivity contribution in [2.75, 3.05) is 6.54 Å². The van der Waals surface area contributed by atoms with Crippen molar-refractivity contribution in [3.05, 3.63) is 29.3 Å². The molecule has 1 atom stereocenters. The second-order valence-electron chi connectivity index (χ2n) is 7.75. The zero-order chi connectivity index (χ0) is 21.4. The van der Waals surface area contributed by atoms with Crippen LogP contribution in [0, 0.1) is 13.8 Å². The number of hydrogen-bond acceptors (Lipinski definition) is 5. The topological polar surface area (TPSA) is 102 Å². The molecule has 0 bridgehead atoms. The van der Waals surface area contributed by atoms with Gasteiger partial charge in [0.1, 0.15) is 0 Å². The first kappa shape index (κ1) is 23.3. The number of benzene rings is 1. The first-order valence-electron chi connectivity index (χ1n) is 10.3. The molecule has 1 aliphatic carbocycles. The van der Waals surface area contributed by atoms with Crippen LogP contribution in [-0.2, 0) is 24.3 Å². The minimum absolute atomic E-state index is 0.0918. The zero-order valence-electron chi connectivity index (χ0n) is 17.5. The summed E-state index contributed by atoms with van der Waals surface area (Å²) in [5.74, 6) is -0.918. The van der Waals surface area contributed by atoms with Gasteiger partial charge in [0.2, 0.25) is 10.0 Å². The number of amides is 1. The summed E-state index contributed by atoms with van der Waals surface area (Å²) in [5.41, 5.74) is 1.47. The summed E-state index contributed by atoms with van der Waals surface area (Å²) in [6.45, 7) is 4.98. The van der Waals surface area contributed by atoms with E-state index >= 15 is 0 Å². The third-order valence-electron chi connectivity index (χ3n) is 5.13. The summed E-state index contributed by atoms with van der Waals surface area (Å²) in [5, 5.41) is 2.95. The first-order chi connectivity index (χ1) is 13.7. The van der Waals surface area contributed by atoms with Crippen LogP contribution in [0.15, 0.2) is 23.1 Å². The molecular formula is C21H32N2O5S. The Labute approximate surface area is 173 Å². The molecule has 1 amide bonds. The number of carbonyl (C=O) groups excluding carboxylic acids is 2. The fraction of sp³-hybridized carbons (Fsp3) is 0.619. The SMILES string of the molecule is Cc1ccc(C)c(S(=O)(=O)NCCC(=O)O[C@@H](C)C(=O)NC2CCCCCC2)c1. The third kappa shape index (κ3) is 7.44. The first-order valence-corrected chi connectivity index (χ1v) is 11.7. The summed E-state index contributed by atoms with van der Waals surface area (Å²) in [6, 6.07) is 5.31. The summed E-state index contributed by atoms with van der Waals surface area (Å²) < 4.78 is 32.5. The monoisotopic (exact) mass is 424 g/mol. The highest BCUT2D eigenvalue weighted by molar-refractivity contribution is 7.89. The maximum Gasteiger partial charge on any atom is 0.307 e. The van der Waals surface area contributed by atoms with E-state index in [1.54, 1.807) is 19.1 Å². The summed E-state index contributed by atoms with van der Waals surface area (Å²) in [4.78, 5) is 24.5. The molecule has 162 valence electrons. The zero-order valence-corrected chi connectivity index (χ0v) is 18.3. The summed E-state index contributed by atoms with van der Waals surface area (Å²) >= 11 is 0. The van der Waals surface area contributed by atoms with Gasteiger partial charge >= 0.3 is 5.97 Å². The molecule has 0 saturated heterocycles. The normalized spacial score (nSPS) is 16.7. The minimum atomic E-state index is -3.71. The molecular weight excluding hydrogens is 392 g/mol. The highest BCUT2D eigenvalue weighted by Gasteiger charge is 2.22. The highest BCUT2D eigenvalue weighted by atomic mass is 32.2. The number of nitrogens with one attached hydrogen (secondary N) is 2. The fourth-order valence-electron chi connectivity index (χ4n) is 3.41. The number of hydrogen-bond donors (Lipinski definition) is 2. The number of aryl methyl sites for hydroxylation is 2. The lowest BCUT2D eigenvalue weighted by Gasteiger charge is -2.19. The quantitative estimate of drug-likeness (QED) is 0.494. The molecule has 0 aromatic heterocycles. The Morgan fingerprint density at radius 3 is 2.45 bits per heavy atom. The average Bonchev–Trinajstić information content (AvgIpc) is 2.92. The van der Waals surface area contributed by atoms with Crippen LogP contribution in [0.3, 0.4) is 0 Å². The lowest BCUT2D eigenvalue weighted by Crippen LogP contribution is -2.42. The van der Waals surface area contributed by atoms with Crippen molar-refractivity contribution in [1.82, 2.24) is 10.0 Å². The number of ether oxygens (including phenoxy) is 1. The van der Waals surface area contributed by atoms with Crippen molar-refractivity contribution in [1.29, 1.82) is 0 Å². The molecule has 0 unspecified atom stereocenters. The van der Waals surface area contributed by atoms with Gasteiger partial charge in [-0.3, -0.25) is 9.59 Å². The highest BCUT2D eigenvalue weighted by Crippen LogP contribution is 2.18. The van der Waals surface area contributed by atoms with Crippen LogP contribution >= 0.6 is 0 Å². The molecule has 1 fully saturated rings. The fourth-order valence-corrected chi connectivity index (χ4v) is 4.77. The predicted octanol–water partition coefficient (Wildman–Crippen LogP) is 2.74. The van der Waals surface area contributed by atoms with Gasteiger partial charge in [0.05, 0.1) is 11.3 Å². The van der Waals surface area contributed by atoms with Gasteiger partial charge < -0.3 is 10.1 Å². The van der Waals surface area contributed by atoms with Crippen molar-refractivity contribution in [2.24, 2.45) is 0 Å². The second kappa shape index (κ2) is 10.7. The van der Waals surface area contributed by atoms with Crippen LogP contribution in [0.4, 0.5) is 0 Å². The maximum absolute atomic E-state index is 12.4. The molecule has 0 aliphatic heterocycles. The molecule has 1 saturated carbocycles. The summed E-state index contributed by atoms with van der Waals surface area (Å²) in [7, 11) is -3.71. The van der Waals surface area contributed by atoms with E-state index in [1.165, 1.54) is 19.8 Å². The Kier molecular flexibility index (Phi) is 8.64. The molecule has 1 aliphatic rings. The Morgan fingerprint density at radius 2 is 1.79 bits per heavy atom. The molecule has 2 N–H and O–H groups in total. The van der Waals surface area contributed by atoms with Crippen LogP contribution in [-0.4, -0.2) is 39.0 Å². The van der Waals surface area contributed by atoms with Gasteiger partial charge in [-0.25, -0.2) is 13.1 Å². The van der Waals surface area contributed by atoms with Gasteiger partial charge in [0.15, 0.2) is 6.10 Å². The van der Waals surface area contributed by atoms with E-state index in [2.05, 4.69) is 10.0 Å². The van der Waals surface area contributed by atoms with Gasteiger partial charge in [0, 0.05) is 12.6 Å². The molecule has 29 heavy (non-hydrogen) atoms. The van der Waals surface area contributed by atoms with Gasteiger partial charge in [-0.15, -0.1) is 0 Å². The summed E-state index contributed by atoms with van der Waals surface area (Å²) in [6.07, 6.45) is 5.43. The lowest BCUT2D eigenvalue weighted by atomic mass is 10.1. The van der Waals surface area contributed by atoms with Crippen LogP contribution in [0.2, 0.25) is 0 Å². The van der Waals surface area contributed by atoms with Crippen molar-refractivity contribution in [3.8, 4) is 0 Å². The Morgan fingerprint density at radius 1 is 1.14 bits per heavy atom. The molecule has 2 rings (SSSR count). The third-order valence-corrected chi connectivity index (χ3v) is 6.74. The predicted molar refractivity (Wildman–Crippen MR) is 111 cm³/mol. The second-order valence-corrected chi connectivity index (χ2v) is 9.48. The lowest BCUT2D eigenvalue weighted by molar-refractivity contribution is -0.154.